The summed E-state index contributed by atoms with van der Waals surface area (Å²) in [6, 6.07) is 11.3. The predicted molar refractivity (Wildman–Crippen MR) is 91.5 cm³/mol. The lowest BCUT2D eigenvalue weighted by molar-refractivity contribution is -0.134. The molecule has 1 aliphatic rings. The molecule has 0 saturated carbocycles. The number of halogens is 1. The van der Waals surface area contributed by atoms with Gasteiger partial charge in [0.25, 0.3) is 5.91 Å². The standard InChI is InChI=1S/C17H14BrN3O3/c18-14-8-13(9-19-10-14)17(23)24-11-16(22)21-7-6-15(20-21)12-4-2-1-3-5-12/h1-5,8-10H,6-7,11H2. The Hall–Kier alpha value is -2.54. The first-order valence-electron chi connectivity index (χ1n) is 7.34. The first-order valence-corrected chi connectivity index (χ1v) is 8.14. The molecule has 7 heteroatoms. The molecule has 0 unspecified atom stereocenters. The van der Waals surface area contributed by atoms with Crippen LogP contribution in [0.2, 0.25) is 0 Å². The minimum absolute atomic E-state index is 0.284. The van der Waals surface area contributed by atoms with Gasteiger partial charge in [-0.25, -0.2) is 9.80 Å². The summed E-state index contributed by atoms with van der Waals surface area (Å²) in [4.78, 5) is 27.9. The average Bonchev–Trinajstić information content (AvgIpc) is 3.10. The molecule has 24 heavy (non-hydrogen) atoms. The maximum Gasteiger partial charge on any atom is 0.340 e. The van der Waals surface area contributed by atoms with Gasteiger partial charge in [-0.2, -0.15) is 5.10 Å². The maximum absolute atomic E-state index is 12.1. The maximum atomic E-state index is 12.1. The van der Waals surface area contributed by atoms with Gasteiger partial charge in [0.05, 0.1) is 17.8 Å². The van der Waals surface area contributed by atoms with E-state index < -0.39 is 5.97 Å². The number of benzene rings is 1. The van der Waals surface area contributed by atoms with Gasteiger partial charge < -0.3 is 4.74 Å². The summed E-state index contributed by atoms with van der Waals surface area (Å²) in [6.07, 6.45) is 3.63. The fourth-order valence-corrected chi connectivity index (χ4v) is 2.64. The van der Waals surface area contributed by atoms with Crippen LogP contribution >= 0.6 is 15.9 Å². The summed E-state index contributed by atoms with van der Waals surface area (Å²) in [5, 5.41) is 5.65. The highest BCUT2D eigenvalue weighted by Crippen LogP contribution is 2.14. The van der Waals surface area contributed by atoms with Crippen LogP contribution in [0.3, 0.4) is 0 Å². The molecule has 0 aliphatic carbocycles. The molecule has 0 radical (unpaired) electrons. The smallest absolute Gasteiger partial charge is 0.340 e. The van der Waals surface area contributed by atoms with Crippen molar-refractivity contribution in [1.29, 1.82) is 0 Å². The Morgan fingerprint density at radius 1 is 1.21 bits per heavy atom. The van der Waals surface area contributed by atoms with Crippen LogP contribution in [0.5, 0.6) is 0 Å². The van der Waals surface area contributed by atoms with Crippen LogP contribution in [-0.2, 0) is 9.53 Å². The number of ether oxygens (including phenoxy) is 1. The zero-order valence-corrected chi connectivity index (χ0v) is 14.3. The molecule has 122 valence electrons. The molecule has 2 heterocycles. The predicted octanol–water partition coefficient (Wildman–Crippen LogP) is 2.64. The lowest BCUT2D eigenvalue weighted by atomic mass is 10.1. The third-order valence-corrected chi connectivity index (χ3v) is 3.90. The molecule has 6 nitrogen and oxygen atoms in total. The van der Waals surface area contributed by atoms with Gasteiger partial charge in [-0.15, -0.1) is 0 Å². The van der Waals surface area contributed by atoms with Gasteiger partial charge in [0.2, 0.25) is 0 Å². The van der Waals surface area contributed by atoms with Crippen LogP contribution in [0, 0.1) is 0 Å². The van der Waals surface area contributed by atoms with E-state index in [0.717, 1.165) is 11.3 Å². The molecule has 1 aromatic carbocycles. The quantitative estimate of drug-likeness (QED) is 0.755. The molecule has 2 aromatic rings. The van der Waals surface area contributed by atoms with Crippen LogP contribution in [0.4, 0.5) is 0 Å². The van der Waals surface area contributed by atoms with E-state index in [0.29, 0.717) is 17.4 Å². The number of aromatic nitrogens is 1. The van der Waals surface area contributed by atoms with Gasteiger partial charge >= 0.3 is 5.97 Å². The second kappa shape index (κ2) is 7.35. The Balaban J connectivity index is 1.58. The van der Waals surface area contributed by atoms with Crippen LogP contribution in [-0.4, -0.2) is 40.7 Å². The van der Waals surface area contributed by atoms with Gasteiger partial charge in [0, 0.05) is 23.3 Å². The number of hydrogen-bond donors (Lipinski definition) is 0. The zero-order valence-electron chi connectivity index (χ0n) is 12.7. The van der Waals surface area contributed by atoms with Crippen molar-refractivity contribution in [2.45, 2.75) is 6.42 Å². The first-order chi connectivity index (χ1) is 11.6. The number of hydrazone groups is 1. The van der Waals surface area contributed by atoms with Gasteiger partial charge in [0.15, 0.2) is 6.61 Å². The van der Waals surface area contributed by atoms with E-state index in [-0.39, 0.29) is 18.1 Å². The van der Waals surface area contributed by atoms with Crippen LogP contribution < -0.4 is 0 Å². The topological polar surface area (TPSA) is 71.9 Å². The third kappa shape index (κ3) is 3.86. The highest BCUT2D eigenvalue weighted by molar-refractivity contribution is 9.10. The molecule has 0 N–H and O–H groups in total. The summed E-state index contributed by atoms with van der Waals surface area (Å²) in [6.45, 7) is 0.135. The largest absolute Gasteiger partial charge is 0.452 e. The normalized spacial score (nSPS) is 13.5. The second-order valence-corrected chi connectivity index (χ2v) is 6.06. The molecule has 0 spiro atoms. The van der Waals surface area contributed by atoms with Gasteiger partial charge in [0.1, 0.15) is 0 Å². The monoisotopic (exact) mass is 387 g/mol. The highest BCUT2D eigenvalue weighted by atomic mass is 79.9. The van der Waals surface area contributed by atoms with E-state index in [1.165, 1.54) is 11.2 Å². The molecule has 1 aromatic heterocycles. The lowest BCUT2D eigenvalue weighted by Gasteiger charge is -2.11. The van der Waals surface area contributed by atoms with Crippen LogP contribution in [0.1, 0.15) is 22.3 Å². The van der Waals surface area contributed by atoms with Gasteiger partial charge in [-0.1, -0.05) is 30.3 Å². The summed E-state index contributed by atoms with van der Waals surface area (Å²) in [5.41, 5.74) is 2.13. The van der Waals surface area contributed by atoms with E-state index in [9.17, 15) is 9.59 Å². The van der Waals surface area contributed by atoms with Gasteiger partial charge in [-0.05, 0) is 27.6 Å². The molecule has 1 aliphatic heterocycles. The number of rotatable bonds is 4. The Kier molecular flexibility index (Phi) is 5.00. The van der Waals surface area contributed by atoms with Crippen molar-refractivity contribution >= 4 is 33.5 Å². The molecular weight excluding hydrogens is 374 g/mol. The average molecular weight is 388 g/mol. The van der Waals surface area contributed by atoms with Crippen molar-refractivity contribution < 1.29 is 14.3 Å². The first kappa shape index (κ1) is 16.3. The number of amides is 1. The molecule has 0 atom stereocenters. The van der Waals surface area contributed by atoms with Crippen LogP contribution in [0.25, 0.3) is 0 Å². The van der Waals surface area contributed by atoms with E-state index in [1.54, 1.807) is 12.3 Å². The number of pyridine rings is 1. The van der Waals surface area contributed by atoms with Crippen LogP contribution in [0.15, 0.2) is 58.4 Å². The lowest BCUT2D eigenvalue weighted by Crippen LogP contribution is -2.28. The Bertz CT molecular complexity index is 793. The van der Waals surface area contributed by atoms with Gasteiger partial charge in [-0.3, -0.25) is 9.78 Å². The fraction of sp³-hybridized carbons (Fsp3) is 0.176. The number of esters is 1. The van der Waals surface area contributed by atoms with E-state index in [4.69, 9.17) is 4.74 Å². The molecule has 1 amide bonds. The molecule has 0 saturated heterocycles. The summed E-state index contributed by atoms with van der Waals surface area (Å²) in [5.74, 6) is -0.944. The molecule has 3 rings (SSSR count). The third-order valence-electron chi connectivity index (χ3n) is 3.46. The van der Waals surface area contributed by atoms with Crippen molar-refractivity contribution in [3.05, 3.63) is 64.4 Å². The zero-order chi connectivity index (χ0) is 16.9. The highest BCUT2D eigenvalue weighted by Gasteiger charge is 2.22. The van der Waals surface area contributed by atoms with E-state index >= 15 is 0 Å². The van der Waals surface area contributed by atoms with E-state index in [2.05, 4.69) is 26.0 Å². The fourth-order valence-electron chi connectivity index (χ4n) is 2.28. The number of carbonyl (C=O) groups is 2. The van der Waals surface area contributed by atoms with Crippen molar-refractivity contribution in [3.63, 3.8) is 0 Å². The summed E-state index contributed by atoms with van der Waals surface area (Å²) < 4.78 is 5.70. The molecular formula is C17H14BrN3O3. The molecule has 0 fully saturated rings. The second-order valence-electron chi connectivity index (χ2n) is 5.15. The Morgan fingerprint density at radius 3 is 2.75 bits per heavy atom. The van der Waals surface area contributed by atoms with Crippen molar-refractivity contribution in [1.82, 2.24) is 9.99 Å². The number of nitrogens with zero attached hydrogens (tertiary/aromatic N) is 3. The van der Waals surface area contributed by atoms with Crippen molar-refractivity contribution in [3.8, 4) is 0 Å². The Labute approximate surface area is 147 Å². The number of hydrogen-bond acceptors (Lipinski definition) is 5. The number of carbonyl (C=O) groups excluding carboxylic acids is 2. The minimum atomic E-state index is -0.594. The Morgan fingerprint density at radius 2 is 2.00 bits per heavy atom. The SMILES string of the molecule is O=C(OCC(=O)N1CCC(c2ccccc2)=N1)c1cncc(Br)c1. The minimum Gasteiger partial charge on any atom is -0.452 e. The van der Waals surface area contributed by atoms with E-state index in [1.807, 2.05) is 30.3 Å². The van der Waals surface area contributed by atoms with Crippen molar-refractivity contribution in [2.75, 3.05) is 13.2 Å². The van der Waals surface area contributed by atoms with Crippen molar-refractivity contribution in [2.24, 2.45) is 5.10 Å². The summed E-state index contributed by atoms with van der Waals surface area (Å²) >= 11 is 3.23. The summed E-state index contributed by atoms with van der Waals surface area (Å²) in [7, 11) is 0. The molecule has 0 bridgehead atoms.